The van der Waals surface area contributed by atoms with Gasteiger partial charge in [0.1, 0.15) is 0 Å². The number of nitrogens with zero attached hydrogens (tertiary/aromatic N) is 3. The summed E-state index contributed by atoms with van der Waals surface area (Å²) < 4.78 is 6.31. The van der Waals surface area contributed by atoms with Gasteiger partial charge in [-0.2, -0.15) is 5.10 Å². The van der Waals surface area contributed by atoms with Gasteiger partial charge in [-0.15, -0.1) is 0 Å². The largest absolute Gasteiger partial charge is 0.481 e. The quantitative estimate of drug-likeness (QED) is 0.778. The molecule has 0 fully saturated rings. The average molecular weight is 231 g/mol. The molecule has 17 heavy (non-hydrogen) atoms. The van der Waals surface area contributed by atoms with E-state index in [0.717, 1.165) is 11.3 Å². The summed E-state index contributed by atoms with van der Waals surface area (Å²) in [4.78, 5) is 15.6. The van der Waals surface area contributed by atoms with E-state index in [2.05, 4.69) is 10.1 Å². The first-order valence-corrected chi connectivity index (χ1v) is 5.17. The summed E-state index contributed by atoms with van der Waals surface area (Å²) in [6, 6.07) is 5.38. The Morgan fingerprint density at radius 2 is 2.12 bits per heavy atom. The molecule has 0 spiro atoms. The van der Waals surface area contributed by atoms with Crippen LogP contribution in [0.4, 0.5) is 0 Å². The Bertz CT molecular complexity index is 561. The van der Waals surface area contributed by atoms with Gasteiger partial charge in [-0.3, -0.25) is 4.79 Å². The van der Waals surface area contributed by atoms with Crippen molar-refractivity contribution in [1.29, 1.82) is 0 Å². The normalized spacial score (nSPS) is 10.3. The van der Waals surface area contributed by atoms with E-state index in [1.807, 2.05) is 6.07 Å². The highest BCUT2D eigenvalue weighted by Gasteiger charge is 2.05. The lowest BCUT2D eigenvalue weighted by molar-refractivity contribution is 0.398. The van der Waals surface area contributed by atoms with Gasteiger partial charge < -0.3 is 4.74 Å². The minimum atomic E-state index is -0.0878. The van der Waals surface area contributed by atoms with Crippen LogP contribution in [0, 0.1) is 6.92 Å². The molecule has 0 amide bonds. The molecule has 0 aliphatic rings. The van der Waals surface area contributed by atoms with E-state index in [-0.39, 0.29) is 5.56 Å². The highest BCUT2D eigenvalue weighted by molar-refractivity contribution is 5.58. The van der Waals surface area contributed by atoms with E-state index in [1.165, 1.54) is 4.68 Å². The molecule has 0 aliphatic carbocycles. The van der Waals surface area contributed by atoms with Crippen molar-refractivity contribution in [2.45, 2.75) is 6.92 Å². The van der Waals surface area contributed by atoms with Crippen molar-refractivity contribution < 1.29 is 4.74 Å². The second-order valence-corrected chi connectivity index (χ2v) is 3.73. The third kappa shape index (κ3) is 2.18. The molecule has 2 aromatic rings. The van der Waals surface area contributed by atoms with Crippen LogP contribution in [0.25, 0.3) is 11.3 Å². The Balaban J connectivity index is 2.49. The van der Waals surface area contributed by atoms with E-state index in [4.69, 9.17) is 4.74 Å². The number of methoxy groups -OCH3 is 1. The van der Waals surface area contributed by atoms with Crippen LogP contribution in [-0.2, 0) is 7.05 Å². The maximum Gasteiger partial charge on any atom is 0.269 e. The molecule has 0 saturated heterocycles. The molecule has 0 radical (unpaired) electrons. The van der Waals surface area contributed by atoms with Crippen molar-refractivity contribution >= 4 is 0 Å². The second kappa shape index (κ2) is 4.37. The molecule has 5 heteroatoms. The van der Waals surface area contributed by atoms with Gasteiger partial charge in [0.05, 0.1) is 12.8 Å². The van der Waals surface area contributed by atoms with Gasteiger partial charge in [0.2, 0.25) is 5.88 Å². The van der Waals surface area contributed by atoms with Gasteiger partial charge in [0, 0.05) is 30.4 Å². The lowest BCUT2D eigenvalue weighted by Gasteiger charge is -2.05. The Kier molecular flexibility index (Phi) is 2.91. The zero-order valence-corrected chi connectivity index (χ0v) is 9.97. The fourth-order valence-electron chi connectivity index (χ4n) is 1.55. The second-order valence-electron chi connectivity index (χ2n) is 3.73. The molecule has 0 bridgehead atoms. The molecule has 0 aromatic carbocycles. The van der Waals surface area contributed by atoms with Crippen LogP contribution >= 0.6 is 0 Å². The third-order valence-electron chi connectivity index (χ3n) is 2.48. The smallest absolute Gasteiger partial charge is 0.269 e. The number of hydrogen-bond donors (Lipinski definition) is 0. The summed E-state index contributed by atoms with van der Waals surface area (Å²) in [6.45, 7) is 1.77. The van der Waals surface area contributed by atoms with E-state index in [9.17, 15) is 4.79 Å². The third-order valence-corrected chi connectivity index (χ3v) is 2.48. The maximum absolute atomic E-state index is 11.5. The van der Waals surface area contributed by atoms with E-state index in [0.29, 0.717) is 11.4 Å². The molecule has 0 unspecified atom stereocenters. The lowest BCUT2D eigenvalue weighted by atomic mass is 10.1. The molecule has 2 heterocycles. The monoisotopic (exact) mass is 231 g/mol. The minimum Gasteiger partial charge on any atom is -0.481 e. The van der Waals surface area contributed by atoms with Crippen LogP contribution in [0.5, 0.6) is 5.88 Å². The van der Waals surface area contributed by atoms with E-state index >= 15 is 0 Å². The highest BCUT2D eigenvalue weighted by atomic mass is 16.5. The Labute approximate surface area is 98.7 Å². The maximum atomic E-state index is 11.5. The van der Waals surface area contributed by atoms with Crippen LogP contribution < -0.4 is 10.3 Å². The van der Waals surface area contributed by atoms with Crippen molar-refractivity contribution in [2.75, 3.05) is 7.11 Å². The number of hydrogen-bond acceptors (Lipinski definition) is 4. The van der Waals surface area contributed by atoms with Crippen molar-refractivity contribution in [3.63, 3.8) is 0 Å². The van der Waals surface area contributed by atoms with Crippen molar-refractivity contribution in [3.8, 4) is 17.1 Å². The number of rotatable bonds is 2. The summed E-state index contributed by atoms with van der Waals surface area (Å²) in [5.41, 5.74) is 2.15. The minimum absolute atomic E-state index is 0.0878. The Morgan fingerprint density at radius 3 is 2.65 bits per heavy atom. The first-order valence-electron chi connectivity index (χ1n) is 5.17. The first kappa shape index (κ1) is 11.3. The summed E-state index contributed by atoms with van der Waals surface area (Å²) in [5, 5.41) is 4.18. The average Bonchev–Trinajstić information content (AvgIpc) is 2.35. The number of pyridine rings is 1. The van der Waals surface area contributed by atoms with Crippen molar-refractivity contribution in [3.05, 3.63) is 40.3 Å². The zero-order valence-electron chi connectivity index (χ0n) is 9.97. The van der Waals surface area contributed by atoms with Gasteiger partial charge in [-0.25, -0.2) is 9.67 Å². The molecule has 88 valence electrons. The van der Waals surface area contributed by atoms with Crippen LogP contribution in [0.2, 0.25) is 0 Å². The van der Waals surface area contributed by atoms with Gasteiger partial charge in [-0.1, -0.05) is 0 Å². The highest BCUT2D eigenvalue weighted by Crippen LogP contribution is 2.17. The zero-order chi connectivity index (χ0) is 12.4. The van der Waals surface area contributed by atoms with Crippen LogP contribution in [-0.4, -0.2) is 21.9 Å². The van der Waals surface area contributed by atoms with Crippen LogP contribution in [0.15, 0.2) is 29.2 Å². The summed E-state index contributed by atoms with van der Waals surface area (Å²) in [5.74, 6) is 0.551. The molecule has 2 rings (SSSR count). The van der Waals surface area contributed by atoms with Gasteiger partial charge >= 0.3 is 0 Å². The summed E-state index contributed by atoms with van der Waals surface area (Å²) in [7, 11) is 3.20. The van der Waals surface area contributed by atoms with Gasteiger partial charge in [0.15, 0.2) is 0 Å². The van der Waals surface area contributed by atoms with E-state index < -0.39 is 0 Å². The number of aryl methyl sites for hydroxylation is 2. The van der Waals surface area contributed by atoms with Crippen LogP contribution in [0.1, 0.15) is 5.56 Å². The standard InChI is InChI=1S/C12H13N3O2/c1-8-6-10(14-15(2)12(8)16)9-4-5-11(17-3)13-7-9/h4-7H,1-3H3. The Hall–Kier alpha value is -2.17. The summed E-state index contributed by atoms with van der Waals surface area (Å²) >= 11 is 0. The SMILES string of the molecule is COc1ccc(-c2cc(C)c(=O)n(C)n2)cn1. The van der Waals surface area contributed by atoms with Gasteiger partial charge in [0.25, 0.3) is 5.56 Å². The van der Waals surface area contributed by atoms with Crippen LogP contribution in [0.3, 0.4) is 0 Å². The van der Waals surface area contributed by atoms with Crippen molar-refractivity contribution in [1.82, 2.24) is 14.8 Å². The van der Waals surface area contributed by atoms with Gasteiger partial charge in [-0.05, 0) is 19.1 Å². The molecule has 0 saturated carbocycles. The molecule has 2 aromatic heterocycles. The molecule has 5 nitrogen and oxygen atoms in total. The fourth-order valence-corrected chi connectivity index (χ4v) is 1.55. The molecule has 0 aliphatic heterocycles. The topological polar surface area (TPSA) is 57.0 Å². The predicted molar refractivity (Wildman–Crippen MR) is 64.0 cm³/mol. The molecular formula is C12H13N3O2. The Morgan fingerprint density at radius 1 is 1.35 bits per heavy atom. The van der Waals surface area contributed by atoms with E-state index in [1.54, 1.807) is 39.4 Å². The summed E-state index contributed by atoms with van der Waals surface area (Å²) in [6.07, 6.45) is 1.67. The predicted octanol–water partition coefficient (Wildman–Crippen LogP) is 1.16. The lowest BCUT2D eigenvalue weighted by Crippen LogP contribution is -2.21. The first-order chi connectivity index (χ1) is 8.11. The molecular weight excluding hydrogens is 218 g/mol. The number of ether oxygens (including phenoxy) is 1. The van der Waals surface area contributed by atoms with Crippen molar-refractivity contribution in [2.24, 2.45) is 7.05 Å². The number of aromatic nitrogens is 3. The molecule has 0 atom stereocenters. The fraction of sp³-hybridized carbons (Fsp3) is 0.250. The molecule has 0 N–H and O–H groups in total.